The Morgan fingerprint density at radius 3 is 2.77 bits per heavy atom. The molecule has 0 unspecified atom stereocenters. The zero-order chi connectivity index (χ0) is 22.3. The van der Waals surface area contributed by atoms with Crippen LogP contribution in [-0.4, -0.2) is 45.6 Å². The number of hydrogen-bond acceptors (Lipinski definition) is 5. The van der Waals surface area contributed by atoms with Gasteiger partial charge in [-0.05, 0) is 50.3 Å². The zero-order valence-corrected chi connectivity index (χ0v) is 18.7. The molecule has 31 heavy (non-hydrogen) atoms. The van der Waals surface area contributed by atoms with Gasteiger partial charge in [0.2, 0.25) is 5.43 Å². The Hall–Kier alpha value is -2.68. The monoisotopic (exact) mass is 491 g/mol. The quantitative estimate of drug-likeness (QED) is 0.649. The molecule has 2 aromatic rings. The number of rotatable bonds is 5. The maximum absolute atomic E-state index is 14.1. The lowest BCUT2D eigenvalue weighted by atomic mass is 10.0. The van der Waals surface area contributed by atoms with Crippen LogP contribution in [0.1, 0.15) is 59.0 Å². The fraction of sp³-hybridized carbons (Fsp3) is 0.409. The van der Waals surface area contributed by atoms with Crippen LogP contribution in [0.5, 0.6) is 5.75 Å². The summed E-state index contributed by atoms with van der Waals surface area (Å²) in [6, 6.07) is 4.59. The summed E-state index contributed by atoms with van der Waals surface area (Å²) in [5.74, 6) is -2.07. The second-order valence-corrected chi connectivity index (χ2v) is 8.72. The summed E-state index contributed by atoms with van der Waals surface area (Å²) >= 11 is 3.19. The van der Waals surface area contributed by atoms with Crippen LogP contribution in [0.3, 0.4) is 0 Å². The number of Topliss-reactive ketones (excluding diaryl/α,β-unsaturated/α-hetero) is 1. The first-order valence-electron chi connectivity index (χ1n) is 10.4. The number of pyridine rings is 1. The van der Waals surface area contributed by atoms with Crippen molar-refractivity contribution in [2.75, 3.05) is 18.1 Å². The lowest BCUT2D eigenvalue weighted by Crippen LogP contribution is -2.63. The molecule has 0 bridgehead atoms. The van der Waals surface area contributed by atoms with Crippen LogP contribution in [-0.2, 0) is 6.42 Å². The second kappa shape index (κ2) is 8.45. The molecule has 1 aromatic heterocycles. The molecule has 1 saturated heterocycles. The van der Waals surface area contributed by atoms with Gasteiger partial charge in [-0.15, -0.1) is 0 Å². The van der Waals surface area contributed by atoms with E-state index in [1.807, 2.05) is 11.9 Å². The molecule has 4 rings (SSSR count). The Balaban J connectivity index is 1.69. The highest BCUT2D eigenvalue weighted by Crippen LogP contribution is 2.29. The summed E-state index contributed by atoms with van der Waals surface area (Å²) in [5, 5.41) is 12.5. The minimum atomic E-state index is -0.868. The number of nitrogens with zero attached hydrogens (tertiary/aromatic N) is 3. The van der Waals surface area contributed by atoms with Crippen molar-refractivity contribution in [1.29, 1.82) is 0 Å². The predicted octanol–water partition coefficient (Wildman–Crippen LogP) is 3.19. The first-order chi connectivity index (χ1) is 14.8. The summed E-state index contributed by atoms with van der Waals surface area (Å²) < 4.78 is 16.1. The number of amides is 1. The highest BCUT2D eigenvalue weighted by atomic mass is 79.9. The number of aryl methyl sites for hydroxylation is 1. The average Bonchev–Trinajstić information content (AvgIpc) is 2.75. The van der Waals surface area contributed by atoms with Crippen LogP contribution in [0.4, 0.5) is 4.39 Å². The molecular weight excluding hydrogens is 469 g/mol. The number of ketones is 1. The molecule has 3 heterocycles. The number of fused-ring (bicyclic) bond motifs is 3. The number of aromatic hydroxyl groups is 1. The second-order valence-electron chi connectivity index (χ2n) is 7.80. The fourth-order valence-corrected chi connectivity index (χ4v) is 4.72. The van der Waals surface area contributed by atoms with Gasteiger partial charge < -0.3 is 10.0 Å². The third-order valence-corrected chi connectivity index (χ3v) is 6.48. The van der Waals surface area contributed by atoms with Gasteiger partial charge >= 0.3 is 0 Å². The van der Waals surface area contributed by atoms with E-state index in [1.54, 1.807) is 17.0 Å². The predicted molar refractivity (Wildman–Crippen MR) is 117 cm³/mol. The Bertz CT molecular complexity index is 1120. The number of halogens is 2. The molecule has 0 radical (unpaired) electrons. The molecule has 1 amide bonds. The average molecular weight is 492 g/mol. The molecule has 0 aliphatic carbocycles. The van der Waals surface area contributed by atoms with Gasteiger partial charge in [0.15, 0.2) is 17.2 Å². The van der Waals surface area contributed by atoms with E-state index in [9.17, 15) is 23.9 Å². The van der Waals surface area contributed by atoms with Crippen LogP contribution < -0.4 is 10.4 Å². The maximum Gasteiger partial charge on any atom is 0.278 e. The van der Waals surface area contributed by atoms with Crippen molar-refractivity contribution in [3.8, 4) is 5.75 Å². The van der Waals surface area contributed by atoms with Gasteiger partial charge in [0.05, 0.1) is 5.56 Å². The van der Waals surface area contributed by atoms with Gasteiger partial charge in [0.25, 0.3) is 5.91 Å². The van der Waals surface area contributed by atoms with E-state index >= 15 is 0 Å². The minimum absolute atomic E-state index is 0.0922. The molecule has 0 saturated carbocycles. The van der Waals surface area contributed by atoms with Crippen molar-refractivity contribution in [2.24, 2.45) is 0 Å². The molecule has 1 atom stereocenters. The molecule has 9 heteroatoms. The topological polar surface area (TPSA) is 82.9 Å². The van der Waals surface area contributed by atoms with Crippen LogP contribution in [0.2, 0.25) is 0 Å². The van der Waals surface area contributed by atoms with Gasteiger partial charge in [-0.3, -0.25) is 24.1 Å². The number of aromatic nitrogens is 1. The van der Waals surface area contributed by atoms with E-state index in [2.05, 4.69) is 15.9 Å². The SMILES string of the molecule is CCN1C(=O)c2c(O)c(=O)c(C(=O)CCc3ccc(Br)cc3F)cn2N2CCCC[C@@H]12. The van der Waals surface area contributed by atoms with Gasteiger partial charge in [-0.25, -0.2) is 4.39 Å². The Morgan fingerprint density at radius 2 is 2.06 bits per heavy atom. The van der Waals surface area contributed by atoms with Crippen LogP contribution in [0.15, 0.2) is 33.7 Å². The molecule has 2 aliphatic heterocycles. The molecule has 7 nitrogen and oxygen atoms in total. The van der Waals surface area contributed by atoms with Gasteiger partial charge in [-0.1, -0.05) is 22.0 Å². The van der Waals surface area contributed by atoms with E-state index in [0.29, 0.717) is 23.1 Å². The van der Waals surface area contributed by atoms with E-state index in [1.165, 1.54) is 16.9 Å². The van der Waals surface area contributed by atoms with Crippen LogP contribution >= 0.6 is 15.9 Å². The van der Waals surface area contributed by atoms with Gasteiger partial charge in [0.1, 0.15) is 12.0 Å². The van der Waals surface area contributed by atoms with Crippen LogP contribution in [0, 0.1) is 5.82 Å². The molecule has 164 valence electrons. The maximum atomic E-state index is 14.1. The lowest BCUT2D eigenvalue weighted by Gasteiger charge is -2.48. The summed E-state index contributed by atoms with van der Waals surface area (Å²) in [6.07, 6.45) is 3.86. The third kappa shape index (κ3) is 3.75. The van der Waals surface area contributed by atoms with Gasteiger partial charge in [-0.2, -0.15) is 0 Å². The lowest BCUT2D eigenvalue weighted by molar-refractivity contribution is 0.0534. The third-order valence-electron chi connectivity index (χ3n) is 5.99. The Morgan fingerprint density at radius 1 is 1.29 bits per heavy atom. The number of carbonyl (C=O) groups excluding carboxylic acids is 2. The molecule has 1 fully saturated rings. The summed E-state index contributed by atoms with van der Waals surface area (Å²) in [4.78, 5) is 40.2. The van der Waals surface area contributed by atoms with Crippen LogP contribution in [0.25, 0.3) is 0 Å². The van der Waals surface area contributed by atoms with E-state index in [-0.39, 0.29) is 30.3 Å². The van der Waals surface area contributed by atoms with E-state index in [0.717, 1.165) is 19.3 Å². The first-order valence-corrected chi connectivity index (χ1v) is 11.2. The number of piperidine rings is 1. The summed E-state index contributed by atoms with van der Waals surface area (Å²) in [7, 11) is 0. The molecule has 1 aromatic carbocycles. The van der Waals surface area contributed by atoms with Crippen molar-refractivity contribution >= 4 is 27.6 Å². The molecular formula is C22H23BrFN3O4. The van der Waals surface area contributed by atoms with Crippen molar-refractivity contribution in [3.05, 3.63) is 61.7 Å². The highest BCUT2D eigenvalue weighted by Gasteiger charge is 2.40. The first kappa shape index (κ1) is 21.5. The standard InChI is InChI=1S/C22H23BrFN3O4/c1-2-25-18-5-3-4-10-26(18)27-12-15(20(29)21(30)19(27)22(25)31)17(28)9-7-13-6-8-14(23)11-16(13)24/h6,8,11-12,18,30H,2-5,7,9-10H2,1H3/t18-/m0/s1. The summed E-state index contributed by atoms with van der Waals surface area (Å²) in [5.41, 5.74) is -0.808. The Kier molecular flexibility index (Phi) is 5.88. The number of hydrogen-bond donors (Lipinski definition) is 1. The minimum Gasteiger partial charge on any atom is -0.502 e. The molecule has 2 aliphatic rings. The smallest absolute Gasteiger partial charge is 0.278 e. The normalized spacial score (nSPS) is 18.0. The number of carbonyl (C=O) groups is 2. The largest absolute Gasteiger partial charge is 0.502 e. The van der Waals surface area contributed by atoms with Gasteiger partial charge in [0, 0.05) is 30.2 Å². The number of benzene rings is 1. The van der Waals surface area contributed by atoms with Crippen molar-refractivity contribution in [1.82, 2.24) is 9.58 Å². The fourth-order valence-electron chi connectivity index (χ4n) is 4.39. The molecule has 1 N–H and O–H groups in total. The Labute approximate surface area is 187 Å². The van der Waals surface area contributed by atoms with Crippen molar-refractivity contribution in [2.45, 2.75) is 45.2 Å². The summed E-state index contributed by atoms with van der Waals surface area (Å²) in [6.45, 7) is 2.95. The van der Waals surface area contributed by atoms with E-state index in [4.69, 9.17) is 0 Å². The van der Waals surface area contributed by atoms with Crippen molar-refractivity contribution < 1.29 is 19.1 Å². The highest BCUT2D eigenvalue weighted by molar-refractivity contribution is 9.10. The van der Waals surface area contributed by atoms with E-state index < -0.39 is 28.7 Å². The van der Waals surface area contributed by atoms with Crippen molar-refractivity contribution in [3.63, 3.8) is 0 Å². The zero-order valence-electron chi connectivity index (χ0n) is 17.1. The molecule has 0 spiro atoms.